The topological polar surface area (TPSA) is 46.2 Å². The molecule has 0 amide bonds. The molecule has 0 radical (unpaired) electrons. The first kappa shape index (κ1) is 14.4. The van der Waals surface area contributed by atoms with Gasteiger partial charge in [-0.25, -0.2) is 4.39 Å². The lowest BCUT2D eigenvalue weighted by atomic mass is 9.82. The van der Waals surface area contributed by atoms with E-state index in [-0.39, 0.29) is 5.56 Å². The highest BCUT2D eigenvalue weighted by Gasteiger charge is 2.32. The Labute approximate surface area is 107 Å². The molecule has 0 aromatic heterocycles. The van der Waals surface area contributed by atoms with Crippen molar-refractivity contribution in [1.29, 1.82) is 0 Å². The second-order valence-corrected chi connectivity index (χ2v) is 5.81. The fraction of sp³-hybridized carbons (Fsp3) is 0.538. The monoisotopic (exact) mass is 259 g/mol. The van der Waals surface area contributed by atoms with E-state index in [0.717, 1.165) is 5.56 Å². The molecule has 96 valence electrons. The van der Waals surface area contributed by atoms with Gasteiger partial charge in [0, 0.05) is 5.56 Å². The highest BCUT2D eigenvalue weighted by Crippen LogP contribution is 2.34. The van der Waals surface area contributed by atoms with Crippen LogP contribution in [0.3, 0.4) is 0 Å². The minimum absolute atomic E-state index is 0.189. The van der Waals surface area contributed by atoms with Gasteiger partial charge in [0.2, 0.25) is 0 Å². The Kier molecular flexibility index (Phi) is 4.18. The smallest absolute Gasteiger partial charge is 0.129 e. The first-order valence-electron chi connectivity index (χ1n) is 5.54. The van der Waals surface area contributed by atoms with E-state index < -0.39 is 23.4 Å². The van der Waals surface area contributed by atoms with Crippen molar-refractivity contribution in [3.8, 4) is 0 Å². The number of aliphatic hydroxyl groups is 1. The summed E-state index contributed by atoms with van der Waals surface area (Å²) in [4.78, 5) is 0. The highest BCUT2D eigenvalue weighted by molar-refractivity contribution is 6.32. The van der Waals surface area contributed by atoms with Gasteiger partial charge in [0.05, 0.1) is 17.2 Å². The van der Waals surface area contributed by atoms with Crippen LogP contribution in [-0.4, -0.2) is 11.2 Å². The van der Waals surface area contributed by atoms with Gasteiger partial charge in [-0.3, -0.25) is 0 Å². The Bertz CT molecular complexity index is 415. The molecule has 0 aliphatic heterocycles. The summed E-state index contributed by atoms with van der Waals surface area (Å²) in [5, 5.41) is 10.4. The Morgan fingerprint density at radius 2 is 1.88 bits per heavy atom. The van der Waals surface area contributed by atoms with Crippen molar-refractivity contribution in [2.24, 2.45) is 11.1 Å². The highest BCUT2D eigenvalue weighted by atomic mass is 35.5. The van der Waals surface area contributed by atoms with Gasteiger partial charge in [0.1, 0.15) is 5.82 Å². The van der Waals surface area contributed by atoms with Crippen molar-refractivity contribution in [2.75, 3.05) is 0 Å². The molecule has 3 N–H and O–H groups in total. The first-order chi connectivity index (χ1) is 7.66. The fourth-order valence-electron chi connectivity index (χ4n) is 1.68. The molecular weight excluding hydrogens is 241 g/mol. The second kappa shape index (κ2) is 4.92. The second-order valence-electron chi connectivity index (χ2n) is 5.43. The summed E-state index contributed by atoms with van der Waals surface area (Å²) in [6, 6.07) is 2.09. The van der Waals surface area contributed by atoms with Gasteiger partial charge < -0.3 is 10.8 Å². The van der Waals surface area contributed by atoms with Crippen molar-refractivity contribution in [1.82, 2.24) is 0 Å². The van der Waals surface area contributed by atoms with Gasteiger partial charge in [-0.05, 0) is 24.0 Å². The maximum Gasteiger partial charge on any atom is 0.129 e. The molecule has 1 rings (SSSR count). The maximum atomic E-state index is 13.8. The number of aryl methyl sites for hydroxylation is 1. The van der Waals surface area contributed by atoms with E-state index in [0.29, 0.717) is 5.02 Å². The van der Waals surface area contributed by atoms with Gasteiger partial charge in [-0.2, -0.15) is 0 Å². The molecule has 4 heteroatoms. The van der Waals surface area contributed by atoms with Crippen LogP contribution in [0.25, 0.3) is 0 Å². The normalized spacial score (nSPS) is 15.8. The molecule has 0 aliphatic carbocycles. The maximum absolute atomic E-state index is 13.8. The van der Waals surface area contributed by atoms with Crippen LogP contribution in [-0.2, 0) is 0 Å². The Balaban J connectivity index is 3.21. The van der Waals surface area contributed by atoms with Crippen LogP contribution in [0.1, 0.15) is 37.9 Å². The fourth-order valence-corrected chi connectivity index (χ4v) is 1.96. The third-order valence-electron chi connectivity index (χ3n) is 2.88. The van der Waals surface area contributed by atoms with Crippen molar-refractivity contribution < 1.29 is 9.50 Å². The zero-order valence-electron chi connectivity index (χ0n) is 10.6. The van der Waals surface area contributed by atoms with Crippen LogP contribution in [0.15, 0.2) is 12.1 Å². The van der Waals surface area contributed by atoms with Crippen LogP contribution in [0.4, 0.5) is 4.39 Å². The number of hydrogen-bond donors (Lipinski definition) is 2. The molecule has 2 nitrogen and oxygen atoms in total. The van der Waals surface area contributed by atoms with Crippen LogP contribution in [0.5, 0.6) is 0 Å². The van der Waals surface area contributed by atoms with Crippen LogP contribution < -0.4 is 5.73 Å². The largest absolute Gasteiger partial charge is 0.391 e. The predicted molar refractivity (Wildman–Crippen MR) is 68.5 cm³/mol. The van der Waals surface area contributed by atoms with Crippen molar-refractivity contribution in [3.05, 3.63) is 34.1 Å². The zero-order valence-corrected chi connectivity index (χ0v) is 11.3. The molecule has 1 aromatic carbocycles. The minimum Gasteiger partial charge on any atom is -0.391 e. The average molecular weight is 260 g/mol. The van der Waals surface area contributed by atoms with Crippen molar-refractivity contribution >= 4 is 11.6 Å². The summed E-state index contributed by atoms with van der Waals surface area (Å²) in [7, 11) is 0. The number of halogens is 2. The predicted octanol–water partition coefficient (Wildman–Crippen LogP) is 3.19. The lowest BCUT2D eigenvalue weighted by Crippen LogP contribution is -2.37. The van der Waals surface area contributed by atoms with E-state index in [2.05, 4.69) is 0 Å². The van der Waals surface area contributed by atoms with Gasteiger partial charge >= 0.3 is 0 Å². The Morgan fingerprint density at radius 1 is 1.35 bits per heavy atom. The molecule has 0 aliphatic rings. The van der Waals surface area contributed by atoms with E-state index in [1.54, 1.807) is 13.0 Å². The van der Waals surface area contributed by atoms with E-state index >= 15 is 0 Å². The number of aliphatic hydroxyl groups excluding tert-OH is 1. The van der Waals surface area contributed by atoms with Gasteiger partial charge in [0.15, 0.2) is 0 Å². The number of nitrogens with two attached hydrogens (primary N) is 1. The molecular formula is C13H19ClFNO. The molecule has 0 fully saturated rings. The molecule has 0 unspecified atom stereocenters. The van der Waals surface area contributed by atoms with E-state index in [4.69, 9.17) is 17.3 Å². The third kappa shape index (κ3) is 2.97. The van der Waals surface area contributed by atoms with Crippen molar-refractivity contribution in [2.45, 2.75) is 39.8 Å². The van der Waals surface area contributed by atoms with E-state index in [1.165, 1.54) is 6.07 Å². The summed E-state index contributed by atoms with van der Waals surface area (Å²) in [6.45, 7) is 7.32. The van der Waals surface area contributed by atoms with Crippen LogP contribution in [0, 0.1) is 18.2 Å². The number of benzene rings is 1. The summed E-state index contributed by atoms with van der Waals surface area (Å²) in [6.07, 6.45) is -0.865. The lowest BCUT2D eigenvalue weighted by Gasteiger charge is -2.31. The molecule has 2 atom stereocenters. The Hall–Kier alpha value is -0.640. The Morgan fingerprint density at radius 3 is 2.35 bits per heavy atom. The third-order valence-corrected chi connectivity index (χ3v) is 3.38. The van der Waals surface area contributed by atoms with Gasteiger partial charge in [0.25, 0.3) is 0 Å². The summed E-state index contributed by atoms with van der Waals surface area (Å²) in [5.41, 5.74) is 6.43. The lowest BCUT2D eigenvalue weighted by molar-refractivity contribution is 0.0392. The minimum atomic E-state index is -0.865. The number of hydrogen-bond acceptors (Lipinski definition) is 2. The standard InChI is InChI=1S/C13H19ClFNO/c1-7-5-6-8(15)9(10(7)14)11(16)12(17)13(2,3)4/h5-6,11-12,17H,16H2,1-4H3/t11-,12-/m0/s1. The molecule has 0 heterocycles. The summed E-state index contributed by atoms with van der Waals surface area (Å²) < 4.78 is 13.8. The van der Waals surface area contributed by atoms with Gasteiger partial charge in [-0.15, -0.1) is 0 Å². The average Bonchev–Trinajstić information content (AvgIpc) is 2.21. The van der Waals surface area contributed by atoms with E-state index in [9.17, 15) is 9.50 Å². The zero-order chi connectivity index (χ0) is 13.4. The first-order valence-corrected chi connectivity index (χ1v) is 5.92. The SMILES string of the molecule is Cc1ccc(F)c([C@H](N)[C@H](O)C(C)(C)C)c1Cl. The molecule has 17 heavy (non-hydrogen) atoms. The van der Waals surface area contributed by atoms with Crippen LogP contribution >= 0.6 is 11.6 Å². The molecule has 1 aromatic rings. The van der Waals surface area contributed by atoms with Gasteiger partial charge in [-0.1, -0.05) is 38.4 Å². The summed E-state index contributed by atoms with van der Waals surface area (Å²) in [5.74, 6) is -0.476. The van der Waals surface area contributed by atoms with Crippen molar-refractivity contribution in [3.63, 3.8) is 0 Å². The van der Waals surface area contributed by atoms with E-state index in [1.807, 2.05) is 20.8 Å². The molecule has 0 saturated heterocycles. The molecule has 0 spiro atoms. The quantitative estimate of drug-likeness (QED) is 0.857. The molecule has 0 saturated carbocycles. The summed E-state index contributed by atoms with van der Waals surface area (Å²) >= 11 is 6.06. The molecule has 0 bridgehead atoms. The number of rotatable bonds is 2. The van der Waals surface area contributed by atoms with Crippen LogP contribution in [0.2, 0.25) is 5.02 Å².